The lowest BCUT2D eigenvalue weighted by Gasteiger charge is -2.11. The highest BCUT2D eigenvalue weighted by Crippen LogP contribution is 2.18. The monoisotopic (exact) mass is 245 g/mol. The van der Waals surface area contributed by atoms with E-state index in [9.17, 15) is 4.79 Å². The van der Waals surface area contributed by atoms with Gasteiger partial charge in [0, 0.05) is 11.8 Å². The maximum atomic E-state index is 11.9. The fourth-order valence-corrected chi connectivity index (χ4v) is 1.92. The molecule has 1 fully saturated rings. The first-order valence-electron chi connectivity index (χ1n) is 5.93. The number of anilines is 1. The summed E-state index contributed by atoms with van der Waals surface area (Å²) in [5.74, 6) is 0.554. The van der Waals surface area contributed by atoms with Gasteiger partial charge in [-0.05, 0) is 31.5 Å². The molecule has 18 heavy (non-hydrogen) atoms. The van der Waals surface area contributed by atoms with E-state index in [1.807, 2.05) is 6.07 Å². The van der Waals surface area contributed by atoms with E-state index in [0.29, 0.717) is 11.4 Å². The number of hydrogen-bond donors (Lipinski definition) is 2. The van der Waals surface area contributed by atoms with Gasteiger partial charge in [0.1, 0.15) is 11.8 Å². The second kappa shape index (κ2) is 6.03. The summed E-state index contributed by atoms with van der Waals surface area (Å²) >= 11 is 0. The van der Waals surface area contributed by atoms with Gasteiger partial charge in [-0.2, -0.15) is 5.26 Å². The van der Waals surface area contributed by atoms with Gasteiger partial charge in [0.05, 0.1) is 6.04 Å². The fourth-order valence-electron chi connectivity index (χ4n) is 1.92. The highest BCUT2D eigenvalue weighted by atomic mass is 16.5. The van der Waals surface area contributed by atoms with Crippen molar-refractivity contribution in [2.45, 2.75) is 18.9 Å². The van der Waals surface area contributed by atoms with Crippen LogP contribution in [0.5, 0.6) is 5.75 Å². The van der Waals surface area contributed by atoms with Crippen LogP contribution < -0.4 is 15.4 Å². The maximum Gasteiger partial charge on any atom is 0.241 e. The molecular formula is C13H15N3O2. The Labute approximate surface area is 106 Å². The Morgan fingerprint density at radius 3 is 3.22 bits per heavy atom. The normalized spacial score (nSPS) is 18.1. The minimum absolute atomic E-state index is 0.00157. The molecule has 1 heterocycles. The number of ether oxygens (including phenoxy) is 1. The van der Waals surface area contributed by atoms with Crippen molar-refractivity contribution < 1.29 is 9.53 Å². The molecule has 5 heteroatoms. The van der Waals surface area contributed by atoms with Crippen molar-refractivity contribution in [3.63, 3.8) is 0 Å². The van der Waals surface area contributed by atoms with E-state index in [1.165, 1.54) is 0 Å². The minimum atomic E-state index is -0.103. The van der Waals surface area contributed by atoms with Crippen LogP contribution >= 0.6 is 0 Å². The van der Waals surface area contributed by atoms with E-state index in [4.69, 9.17) is 10.00 Å². The Morgan fingerprint density at radius 1 is 1.61 bits per heavy atom. The third-order valence-electron chi connectivity index (χ3n) is 2.78. The van der Waals surface area contributed by atoms with Gasteiger partial charge in [0.25, 0.3) is 0 Å². The SMILES string of the molecule is N#CCOc1cccc(NC(=O)[C@@H]2CCCN2)c1. The van der Waals surface area contributed by atoms with E-state index in [0.717, 1.165) is 19.4 Å². The van der Waals surface area contributed by atoms with Crippen LogP contribution in [0.25, 0.3) is 0 Å². The van der Waals surface area contributed by atoms with Crippen molar-refractivity contribution in [3.8, 4) is 11.8 Å². The molecule has 0 aromatic heterocycles. The van der Waals surface area contributed by atoms with Crippen LogP contribution in [-0.4, -0.2) is 25.1 Å². The molecule has 0 unspecified atom stereocenters. The first-order valence-corrected chi connectivity index (χ1v) is 5.93. The zero-order valence-corrected chi connectivity index (χ0v) is 9.98. The number of hydrogen-bond acceptors (Lipinski definition) is 4. The molecule has 2 rings (SSSR count). The zero-order chi connectivity index (χ0) is 12.8. The fraction of sp³-hybridized carbons (Fsp3) is 0.385. The number of benzene rings is 1. The second-order valence-corrected chi connectivity index (χ2v) is 4.11. The zero-order valence-electron chi connectivity index (χ0n) is 9.98. The Bertz CT molecular complexity index is 462. The highest BCUT2D eigenvalue weighted by molar-refractivity contribution is 5.95. The Hall–Kier alpha value is -2.06. The maximum absolute atomic E-state index is 11.9. The molecule has 1 aromatic carbocycles. The molecule has 0 spiro atoms. The van der Waals surface area contributed by atoms with Crippen LogP contribution in [0.1, 0.15) is 12.8 Å². The number of carbonyl (C=O) groups is 1. The summed E-state index contributed by atoms with van der Waals surface area (Å²) in [6, 6.07) is 8.84. The molecule has 0 bridgehead atoms. The molecule has 1 amide bonds. The van der Waals surface area contributed by atoms with Crippen LogP contribution in [0, 0.1) is 11.3 Å². The standard InChI is InChI=1S/C13H15N3O2/c14-6-8-18-11-4-1-3-10(9-11)16-13(17)12-5-2-7-15-12/h1,3-4,9,12,15H,2,5,7-8H2,(H,16,17)/t12-/m0/s1. The van der Waals surface area contributed by atoms with Crippen molar-refractivity contribution in [2.75, 3.05) is 18.5 Å². The molecule has 0 aliphatic carbocycles. The molecule has 1 aromatic rings. The van der Waals surface area contributed by atoms with Gasteiger partial charge in [-0.25, -0.2) is 0 Å². The first-order chi connectivity index (χ1) is 8.79. The molecule has 1 atom stereocenters. The van der Waals surface area contributed by atoms with Crippen LogP contribution in [0.4, 0.5) is 5.69 Å². The summed E-state index contributed by atoms with van der Waals surface area (Å²) in [5.41, 5.74) is 0.684. The van der Waals surface area contributed by atoms with E-state index < -0.39 is 0 Å². The third kappa shape index (κ3) is 3.22. The van der Waals surface area contributed by atoms with E-state index >= 15 is 0 Å². The smallest absolute Gasteiger partial charge is 0.241 e. The number of nitrogens with one attached hydrogen (secondary N) is 2. The predicted molar refractivity (Wildman–Crippen MR) is 67.2 cm³/mol. The van der Waals surface area contributed by atoms with Gasteiger partial charge < -0.3 is 15.4 Å². The molecule has 1 saturated heterocycles. The van der Waals surface area contributed by atoms with Gasteiger partial charge in [-0.1, -0.05) is 6.07 Å². The Balaban J connectivity index is 1.96. The van der Waals surface area contributed by atoms with Gasteiger partial charge in [0.2, 0.25) is 5.91 Å². The highest BCUT2D eigenvalue weighted by Gasteiger charge is 2.21. The molecule has 1 aliphatic heterocycles. The van der Waals surface area contributed by atoms with E-state index in [2.05, 4.69) is 10.6 Å². The number of amides is 1. The van der Waals surface area contributed by atoms with Crippen LogP contribution in [0.2, 0.25) is 0 Å². The summed E-state index contributed by atoms with van der Waals surface area (Å²) in [7, 11) is 0. The lowest BCUT2D eigenvalue weighted by molar-refractivity contribution is -0.117. The predicted octanol–water partition coefficient (Wildman–Crippen LogP) is 1.28. The van der Waals surface area contributed by atoms with Crippen molar-refractivity contribution in [3.05, 3.63) is 24.3 Å². The Kier molecular flexibility index (Phi) is 4.15. The summed E-state index contributed by atoms with van der Waals surface area (Å²) in [5, 5.41) is 14.4. The summed E-state index contributed by atoms with van der Waals surface area (Å²) < 4.78 is 5.17. The van der Waals surface area contributed by atoms with Gasteiger partial charge in [-0.15, -0.1) is 0 Å². The van der Waals surface area contributed by atoms with Gasteiger partial charge in [0.15, 0.2) is 6.61 Å². The van der Waals surface area contributed by atoms with Crippen molar-refractivity contribution in [2.24, 2.45) is 0 Å². The average molecular weight is 245 g/mol. The second-order valence-electron chi connectivity index (χ2n) is 4.11. The largest absolute Gasteiger partial charge is 0.479 e. The van der Waals surface area contributed by atoms with Crippen molar-refractivity contribution in [1.29, 1.82) is 5.26 Å². The first kappa shape index (κ1) is 12.4. The number of nitriles is 1. The average Bonchev–Trinajstić information content (AvgIpc) is 2.91. The van der Waals surface area contributed by atoms with Crippen molar-refractivity contribution >= 4 is 11.6 Å². The lowest BCUT2D eigenvalue weighted by Crippen LogP contribution is -2.35. The minimum Gasteiger partial charge on any atom is -0.479 e. The van der Waals surface area contributed by atoms with Gasteiger partial charge in [-0.3, -0.25) is 4.79 Å². The van der Waals surface area contributed by atoms with Crippen LogP contribution in [0.3, 0.4) is 0 Å². The van der Waals surface area contributed by atoms with Crippen LogP contribution in [-0.2, 0) is 4.79 Å². The molecule has 1 aliphatic rings. The molecular weight excluding hydrogens is 230 g/mol. The molecule has 94 valence electrons. The van der Waals surface area contributed by atoms with E-state index in [-0.39, 0.29) is 18.6 Å². The summed E-state index contributed by atoms with van der Waals surface area (Å²) in [6.45, 7) is 0.894. The molecule has 0 saturated carbocycles. The summed E-state index contributed by atoms with van der Waals surface area (Å²) in [6.07, 6.45) is 1.90. The van der Waals surface area contributed by atoms with E-state index in [1.54, 1.807) is 24.3 Å². The quantitative estimate of drug-likeness (QED) is 0.838. The number of rotatable bonds is 4. The van der Waals surface area contributed by atoms with Crippen LogP contribution in [0.15, 0.2) is 24.3 Å². The topological polar surface area (TPSA) is 74.1 Å². The van der Waals surface area contributed by atoms with Gasteiger partial charge >= 0.3 is 0 Å². The molecule has 5 nitrogen and oxygen atoms in total. The number of carbonyl (C=O) groups excluding carboxylic acids is 1. The summed E-state index contributed by atoms with van der Waals surface area (Å²) in [4.78, 5) is 11.9. The molecule has 2 N–H and O–H groups in total. The molecule has 0 radical (unpaired) electrons. The Morgan fingerprint density at radius 2 is 2.50 bits per heavy atom. The number of nitrogens with zero attached hydrogens (tertiary/aromatic N) is 1. The van der Waals surface area contributed by atoms with Crippen molar-refractivity contribution in [1.82, 2.24) is 5.32 Å². The third-order valence-corrected chi connectivity index (χ3v) is 2.78. The lowest BCUT2D eigenvalue weighted by atomic mass is 10.2.